The molecule has 0 aliphatic carbocycles. The van der Waals surface area contributed by atoms with Crippen molar-refractivity contribution in [3.63, 3.8) is 0 Å². The molecule has 0 aliphatic rings. The highest BCUT2D eigenvalue weighted by Crippen LogP contribution is 2.15. The highest BCUT2D eigenvalue weighted by Gasteiger charge is 1.97. The SMILES string of the molecule is CCCCN=C(N)NCCOc1cc(C)cc(C)c1.I. The Kier molecular flexibility index (Phi) is 10.2. The van der Waals surface area contributed by atoms with Gasteiger partial charge in [-0.3, -0.25) is 4.99 Å². The van der Waals surface area contributed by atoms with Gasteiger partial charge in [0.1, 0.15) is 12.4 Å². The summed E-state index contributed by atoms with van der Waals surface area (Å²) in [4.78, 5) is 4.21. The maximum Gasteiger partial charge on any atom is 0.188 e. The molecule has 0 unspecified atom stereocenters. The standard InChI is InChI=1S/C15H25N3O.HI/c1-4-5-6-17-15(16)18-7-8-19-14-10-12(2)9-13(3)11-14;/h9-11H,4-8H2,1-3H3,(H3,16,17,18);1H. The molecule has 0 saturated carbocycles. The van der Waals surface area contributed by atoms with Gasteiger partial charge in [-0.25, -0.2) is 0 Å². The van der Waals surface area contributed by atoms with Crippen LogP contribution in [0.2, 0.25) is 0 Å². The second-order valence-electron chi connectivity index (χ2n) is 4.72. The molecular weight excluding hydrogens is 365 g/mol. The predicted octanol–water partition coefficient (Wildman–Crippen LogP) is 3.00. The van der Waals surface area contributed by atoms with Crippen LogP contribution in [-0.4, -0.2) is 25.7 Å². The van der Waals surface area contributed by atoms with Crippen LogP contribution in [0, 0.1) is 13.8 Å². The number of hydrogen-bond donors (Lipinski definition) is 2. The number of nitrogens with one attached hydrogen (secondary N) is 1. The van der Waals surface area contributed by atoms with E-state index in [4.69, 9.17) is 10.5 Å². The Balaban J connectivity index is 0.00000361. The zero-order valence-corrected chi connectivity index (χ0v) is 14.9. The topological polar surface area (TPSA) is 59.6 Å². The van der Waals surface area contributed by atoms with E-state index in [2.05, 4.69) is 37.1 Å². The van der Waals surface area contributed by atoms with Gasteiger partial charge < -0.3 is 15.8 Å². The maximum atomic E-state index is 5.73. The molecule has 0 spiro atoms. The van der Waals surface area contributed by atoms with Crippen molar-refractivity contribution in [2.75, 3.05) is 19.7 Å². The summed E-state index contributed by atoms with van der Waals surface area (Å²) in [5, 5.41) is 3.04. The Morgan fingerprint density at radius 2 is 1.90 bits per heavy atom. The Bertz CT molecular complexity index is 401. The number of aliphatic imine (C=N–C) groups is 1. The molecule has 0 aliphatic heterocycles. The van der Waals surface area contributed by atoms with Crippen LogP contribution in [0.4, 0.5) is 0 Å². The minimum absolute atomic E-state index is 0. The number of rotatable bonds is 7. The van der Waals surface area contributed by atoms with Crippen molar-refractivity contribution in [2.24, 2.45) is 10.7 Å². The lowest BCUT2D eigenvalue weighted by Gasteiger charge is -2.09. The summed E-state index contributed by atoms with van der Waals surface area (Å²) in [7, 11) is 0. The normalized spacial score (nSPS) is 10.8. The Morgan fingerprint density at radius 3 is 2.50 bits per heavy atom. The van der Waals surface area contributed by atoms with Crippen LogP contribution in [0.15, 0.2) is 23.2 Å². The quantitative estimate of drug-likeness (QED) is 0.325. The van der Waals surface area contributed by atoms with E-state index in [0.717, 1.165) is 25.1 Å². The van der Waals surface area contributed by atoms with Crippen molar-refractivity contribution >= 4 is 29.9 Å². The first-order valence-corrected chi connectivity index (χ1v) is 6.86. The third kappa shape index (κ3) is 8.24. The molecule has 0 radical (unpaired) electrons. The number of unbranched alkanes of at least 4 members (excludes halogenated alkanes) is 1. The fraction of sp³-hybridized carbons (Fsp3) is 0.533. The van der Waals surface area contributed by atoms with Crippen molar-refractivity contribution in [3.05, 3.63) is 29.3 Å². The Labute approximate surface area is 139 Å². The molecule has 3 N–H and O–H groups in total. The van der Waals surface area contributed by atoms with Crippen LogP contribution < -0.4 is 15.8 Å². The lowest BCUT2D eigenvalue weighted by atomic mass is 10.1. The fourth-order valence-corrected chi connectivity index (χ4v) is 1.78. The van der Waals surface area contributed by atoms with Gasteiger partial charge >= 0.3 is 0 Å². The highest BCUT2D eigenvalue weighted by atomic mass is 127. The summed E-state index contributed by atoms with van der Waals surface area (Å²) in [6.07, 6.45) is 2.20. The maximum absolute atomic E-state index is 5.73. The van der Waals surface area contributed by atoms with Crippen LogP contribution in [0.3, 0.4) is 0 Å². The third-order valence-corrected chi connectivity index (χ3v) is 2.67. The van der Waals surface area contributed by atoms with Crippen molar-refractivity contribution in [3.8, 4) is 5.75 Å². The third-order valence-electron chi connectivity index (χ3n) is 2.67. The lowest BCUT2D eigenvalue weighted by Crippen LogP contribution is -2.34. The van der Waals surface area contributed by atoms with Gasteiger partial charge in [0.15, 0.2) is 5.96 Å². The van der Waals surface area contributed by atoms with Crippen molar-refractivity contribution in [1.29, 1.82) is 0 Å². The van der Waals surface area contributed by atoms with Crippen LogP contribution in [0.25, 0.3) is 0 Å². The smallest absolute Gasteiger partial charge is 0.188 e. The molecule has 4 nitrogen and oxygen atoms in total. The van der Waals surface area contributed by atoms with Gasteiger partial charge in [-0.2, -0.15) is 0 Å². The fourth-order valence-electron chi connectivity index (χ4n) is 1.78. The average Bonchev–Trinajstić information content (AvgIpc) is 2.34. The number of nitrogens with two attached hydrogens (primary N) is 1. The van der Waals surface area contributed by atoms with Gasteiger partial charge in [-0.15, -0.1) is 24.0 Å². The molecule has 0 amide bonds. The molecule has 0 saturated heterocycles. The summed E-state index contributed by atoms with van der Waals surface area (Å²) in [6, 6.07) is 6.20. The van der Waals surface area contributed by atoms with E-state index in [9.17, 15) is 0 Å². The van der Waals surface area contributed by atoms with Gasteiger partial charge in [-0.05, 0) is 43.5 Å². The number of hydrogen-bond acceptors (Lipinski definition) is 2. The second-order valence-corrected chi connectivity index (χ2v) is 4.72. The highest BCUT2D eigenvalue weighted by molar-refractivity contribution is 14.0. The molecule has 1 aromatic carbocycles. The van der Waals surface area contributed by atoms with Crippen LogP contribution in [0.1, 0.15) is 30.9 Å². The van der Waals surface area contributed by atoms with E-state index in [1.807, 2.05) is 12.1 Å². The number of benzene rings is 1. The van der Waals surface area contributed by atoms with E-state index >= 15 is 0 Å². The molecule has 0 aromatic heterocycles. The van der Waals surface area contributed by atoms with E-state index in [0.29, 0.717) is 19.1 Å². The Hall–Kier alpha value is -0.980. The van der Waals surface area contributed by atoms with Gasteiger partial charge in [0, 0.05) is 6.54 Å². The molecular formula is C15H26IN3O. The number of ether oxygens (including phenoxy) is 1. The van der Waals surface area contributed by atoms with Gasteiger partial charge in [-0.1, -0.05) is 19.4 Å². The van der Waals surface area contributed by atoms with E-state index < -0.39 is 0 Å². The molecule has 1 rings (SSSR count). The Morgan fingerprint density at radius 1 is 1.25 bits per heavy atom. The first-order chi connectivity index (χ1) is 9.11. The zero-order valence-electron chi connectivity index (χ0n) is 12.6. The van der Waals surface area contributed by atoms with Gasteiger partial charge in [0.2, 0.25) is 0 Å². The monoisotopic (exact) mass is 391 g/mol. The number of aryl methyl sites for hydroxylation is 2. The number of guanidine groups is 1. The molecule has 5 heteroatoms. The van der Waals surface area contributed by atoms with Crippen molar-refractivity contribution < 1.29 is 4.74 Å². The van der Waals surface area contributed by atoms with Gasteiger partial charge in [0.25, 0.3) is 0 Å². The van der Waals surface area contributed by atoms with E-state index in [1.165, 1.54) is 11.1 Å². The van der Waals surface area contributed by atoms with Crippen molar-refractivity contribution in [1.82, 2.24) is 5.32 Å². The van der Waals surface area contributed by atoms with Crippen LogP contribution in [0.5, 0.6) is 5.75 Å². The molecule has 0 bridgehead atoms. The largest absolute Gasteiger partial charge is 0.492 e. The minimum Gasteiger partial charge on any atom is -0.492 e. The first-order valence-electron chi connectivity index (χ1n) is 6.86. The minimum atomic E-state index is 0. The summed E-state index contributed by atoms with van der Waals surface area (Å²) in [5.41, 5.74) is 8.15. The molecule has 0 fully saturated rings. The zero-order chi connectivity index (χ0) is 14.1. The van der Waals surface area contributed by atoms with Crippen LogP contribution in [-0.2, 0) is 0 Å². The van der Waals surface area contributed by atoms with Crippen LogP contribution >= 0.6 is 24.0 Å². The van der Waals surface area contributed by atoms with E-state index in [1.54, 1.807) is 0 Å². The number of nitrogens with zero attached hydrogens (tertiary/aromatic N) is 1. The predicted molar refractivity (Wildman–Crippen MR) is 96.2 cm³/mol. The second kappa shape index (κ2) is 10.8. The molecule has 1 aromatic rings. The summed E-state index contributed by atoms with van der Waals surface area (Å²) < 4.78 is 5.67. The van der Waals surface area contributed by atoms with Crippen molar-refractivity contribution in [2.45, 2.75) is 33.6 Å². The molecule has 114 valence electrons. The number of halogens is 1. The molecule has 0 atom stereocenters. The van der Waals surface area contributed by atoms with Gasteiger partial charge in [0.05, 0.1) is 6.54 Å². The summed E-state index contributed by atoms with van der Waals surface area (Å²) in [6.45, 7) is 8.29. The summed E-state index contributed by atoms with van der Waals surface area (Å²) >= 11 is 0. The lowest BCUT2D eigenvalue weighted by molar-refractivity contribution is 0.322. The molecule has 0 heterocycles. The summed E-state index contributed by atoms with van der Waals surface area (Å²) in [5.74, 6) is 1.40. The average molecular weight is 391 g/mol. The van der Waals surface area contributed by atoms with E-state index in [-0.39, 0.29) is 24.0 Å². The molecule has 20 heavy (non-hydrogen) atoms. The first kappa shape index (κ1) is 19.0.